The van der Waals surface area contributed by atoms with Crippen molar-refractivity contribution in [2.45, 2.75) is 25.8 Å². The van der Waals surface area contributed by atoms with Crippen LogP contribution in [0.3, 0.4) is 0 Å². The molecule has 5 heteroatoms. The van der Waals surface area contributed by atoms with Crippen LogP contribution in [-0.2, 0) is 16.0 Å². The molecular weight excluding hydrogens is 242 g/mol. The maximum absolute atomic E-state index is 11.7. The summed E-state index contributed by atoms with van der Waals surface area (Å²) in [6.45, 7) is 1.58. The highest BCUT2D eigenvalue weighted by atomic mass is 16.2. The van der Waals surface area contributed by atoms with Gasteiger partial charge in [0.15, 0.2) is 0 Å². The fourth-order valence-corrected chi connectivity index (χ4v) is 1.97. The molecular formula is C14H17N3O2. The summed E-state index contributed by atoms with van der Waals surface area (Å²) in [6.07, 6.45) is 2.87. The zero-order chi connectivity index (χ0) is 13.8. The fraction of sp³-hybridized carbons (Fsp3) is 0.286. The first-order chi connectivity index (χ1) is 9.08. The van der Waals surface area contributed by atoms with Crippen molar-refractivity contribution < 1.29 is 9.59 Å². The zero-order valence-corrected chi connectivity index (χ0v) is 10.8. The summed E-state index contributed by atoms with van der Waals surface area (Å²) < 4.78 is 0. The van der Waals surface area contributed by atoms with Crippen LogP contribution in [0.5, 0.6) is 0 Å². The topological polar surface area (TPSA) is 88.0 Å². The van der Waals surface area contributed by atoms with Crippen molar-refractivity contribution in [2.75, 3.05) is 0 Å². The molecule has 0 radical (unpaired) electrons. The number of aryl methyl sites for hydroxylation is 1. The number of amides is 2. The van der Waals surface area contributed by atoms with Crippen LogP contribution in [0.25, 0.3) is 10.9 Å². The molecule has 2 aromatic rings. The number of carbonyl (C=O) groups is 2. The van der Waals surface area contributed by atoms with Gasteiger partial charge in [-0.1, -0.05) is 18.2 Å². The highest BCUT2D eigenvalue weighted by molar-refractivity contribution is 5.87. The van der Waals surface area contributed by atoms with Crippen molar-refractivity contribution in [3.63, 3.8) is 0 Å². The molecule has 1 aromatic heterocycles. The average molecular weight is 259 g/mol. The second-order valence-corrected chi connectivity index (χ2v) is 4.55. The summed E-state index contributed by atoms with van der Waals surface area (Å²) in [5, 5.41) is 3.69. The van der Waals surface area contributed by atoms with E-state index in [0.29, 0.717) is 12.8 Å². The Kier molecular flexibility index (Phi) is 3.85. The number of benzene rings is 1. The monoisotopic (exact) mass is 259 g/mol. The van der Waals surface area contributed by atoms with Gasteiger partial charge in [-0.05, 0) is 25.0 Å². The molecule has 100 valence electrons. The SMILES string of the molecule is C[C@H](NC(=O)CCc1c[nH]c2ccccc12)C(N)=O. The summed E-state index contributed by atoms with van der Waals surface area (Å²) in [5.74, 6) is -0.697. The molecule has 1 aromatic carbocycles. The van der Waals surface area contributed by atoms with Gasteiger partial charge < -0.3 is 16.0 Å². The molecule has 4 N–H and O–H groups in total. The van der Waals surface area contributed by atoms with Crippen LogP contribution in [0.4, 0.5) is 0 Å². The number of primary amides is 1. The van der Waals surface area contributed by atoms with E-state index in [1.807, 2.05) is 30.5 Å². The van der Waals surface area contributed by atoms with E-state index in [1.165, 1.54) is 0 Å². The van der Waals surface area contributed by atoms with Crippen LogP contribution in [-0.4, -0.2) is 22.8 Å². The number of nitrogens with two attached hydrogens (primary N) is 1. The summed E-state index contributed by atoms with van der Waals surface area (Å²) in [6, 6.07) is 7.31. The standard InChI is InChI=1S/C14H17N3O2/c1-9(14(15)19)17-13(18)7-6-10-8-16-12-5-3-2-4-11(10)12/h2-5,8-9,16H,6-7H2,1H3,(H2,15,19)(H,17,18)/t9-/m0/s1. The number of nitrogens with one attached hydrogen (secondary N) is 2. The summed E-state index contributed by atoms with van der Waals surface area (Å²) in [4.78, 5) is 25.7. The summed E-state index contributed by atoms with van der Waals surface area (Å²) in [7, 11) is 0. The van der Waals surface area contributed by atoms with E-state index in [9.17, 15) is 9.59 Å². The Morgan fingerprint density at radius 2 is 2.11 bits per heavy atom. The maximum Gasteiger partial charge on any atom is 0.239 e. The lowest BCUT2D eigenvalue weighted by Crippen LogP contribution is -2.42. The Bertz CT molecular complexity index is 604. The Labute approximate surface area is 111 Å². The van der Waals surface area contributed by atoms with E-state index in [1.54, 1.807) is 6.92 Å². The van der Waals surface area contributed by atoms with Gasteiger partial charge in [0, 0.05) is 23.5 Å². The third kappa shape index (κ3) is 3.13. The number of para-hydroxylation sites is 1. The van der Waals surface area contributed by atoms with E-state index in [0.717, 1.165) is 16.5 Å². The molecule has 2 rings (SSSR count). The first kappa shape index (κ1) is 13.1. The molecule has 0 bridgehead atoms. The number of carbonyl (C=O) groups excluding carboxylic acids is 2. The highest BCUT2D eigenvalue weighted by Crippen LogP contribution is 2.18. The minimum absolute atomic E-state index is 0.170. The molecule has 0 saturated carbocycles. The van der Waals surface area contributed by atoms with E-state index < -0.39 is 11.9 Å². The normalized spacial score (nSPS) is 12.3. The van der Waals surface area contributed by atoms with Gasteiger partial charge in [-0.3, -0.25) is 9.59 Å². The second kappa shape index (κ2) is 5.56. The summed E-state index contributed by atoms with van der Waals surface area (Å²) >= 11 is 0. The largest absolute Gasteiger partial charge is 0.368 e. The van der Waals surface area contributed by atoms with Gasteiger partial charge in [-0.25, -0.2) is 0 Å². The smallest absolute Gasteiger partial charge is 0.239 e. The van der Waals surface area contributed by atoms with Crippen molar-refractivity contribution in [3.8, 4) is 0 Å². The van der Waals surface area contributed by atoms with E-state index in [-0.39, 0.29) is 5.91 Å². The third-order valence-corrected chi connectivity index (χ3v) is 3.10. The Balaban J connectivity index is 1.95. The van der Waals surface area contributed by atoms with Gasteiger partial charge in [0.25, 0.3) is 0 Å². The van der Waals surface area contributed by atoms with Crippen molar-refractivity contribution in [2.24, 2.45) is 5.73 Å². The van der Waals surface area contributed by atoms with Crippen molar-refractivity contribution in [1.29, 1.82) is 0 Å². The quantitative estimate of drug-likeness (QED) is 0.750. The molecule has 1 atom stereocenters. The molecule has 0 aliphatic heterocycles. The van der Waals surface area contributed by atoms with Gasteiger partial charge in [0.05, 0.1) is 0 Å². The van der Waals surface area contributed by atoms with Gasteiger partial charge in [-0.15, -0.1) is 0 Å². The fourth-order valence-electron chi connectivity index (χ4n) is 1.97. The number of hydrogen-bond acceptors (Lipinski definition) is 2. The average Bonchev–Trinajstić information content (AvgIpc) is 2.79. The minimum Gasteiger partial charge on any atom is -0.368 e. The molecule has 0 aliphatic rings. The molecule has 0 saturated heterocycles. The number of H-pyrrole nitrogens is 1. The molecule has 0 unspecified atom stereocenters. The zero-order valence-electron chi connectivity index (χ0n) is 10.8. The van der Waals surface area contributed by atoms with E-state index in [2.05, 4.69) is 10.3 Å². The lowest BCUT2D eigenvalue weighted by molar-refractivity contribution is -0.126. The van der Waals surface area contributed by atoms with Crippen LogP contribution >= 0.6 is 0 Å². The number of aromatic amines is 1. The van der Waals surface area contributed by atoms with Gasteiger partial charge in [0.1, 0.15) is 6.04 Å². The number of fused-ring (bicyclic) bond motifs is 1. The molecule has 0 fully saturated rings. The molecule has 5 nitrogen and oxygen atoms in total. The Hall–Kier alpha value is -2.30. The minimum atomic E-state index is -0.629. The van der Waals surface area contributed by atoms with E-state index in [4.69, 9.17) is 5.73 Å². The first-order valence-electron chi connectivity index (χ1n) is 6.21. The third-order valence-electron chi connectivity index (χ3n) is 3.10. The predicted octanol–water partition coefficient (Wildman–Crippen LogP) is 1.09. The number of hydrogen-bond donors (Lipinski definition) is 3. The molecule has 19 heavy (non-hydrogen) atoms. The van der Waals surface area contributed by atoms with Crippen molar-refractivity contribution >= 4 is 22.7 Å². The molecule has 0 aliphatic carbocycles. The van der Waals surface area contributed by atoms with Gasteiger partial charge in [-0.2, -0.15) is 0 Å². The van der Waals surface area contributed by atoms with E-state index >= 15 is 0 Å². The maximum atomic E-state index is 11.7. The lowest BCUT2D eigenvalue weighted by Gasteiger charge is -2.09. The first-order valence-corrected chi connectivity index (χ1v) is 6.21. The molecule has 0 spiro atoms. The van der Waals surface area contributed by atoms with Crippen LogP contribution in [0.15, 0.2) is 30.5 Å². The van der Waals surface area contributed by atoms with Crippen molar-refractivity contribution in [1.82, 2.24) is 10.3 Å². The van der Waals surface area contributed by atoms with Gasteiger partial charge in [0.2, 0.25) is 11.8 Å². The lowest BCUT2D eigenvalue weighted by atomic mass is 10.1. The van der Waals surface area contributed by atoms with Crippen LogP contribution in [0, 0.1) is 0 Å². The highest BCUT2D eigenvalue weighted by Gasteiger charge is 2.12. The van der Waals surface area contributed by atoms with Crippen LogP contribution in [0.1, 0.15) is 18.9 Å². The molecule has 1 heterocycles. The number of aromatic nitrogens is 1. The van der Waals surface area contributed by atoms with Crippen LogP contribution in [0.2, 0.25) is 0 Å². The van der Waals surface area contributed by atoms with Crippen molar-refractivity contribution in [3.05, 3.63) is 36.0 Å². The second-order valence-electron chi connectivity index (χ2n) is 4.55. The van der Waals surface area contributed by atoms with Gasteiger partial charge >= 0.3 is 0 Å². The molecule has 2 amide bonds. The predicted molar refractivity (Wildman–Crippen MR) is 73.4 cm³/mol. The number of rotatable bonds is 5. The van der Waals surface area contributed by atoms with Crippen LogP contribution < -0.4 is 11.1 Å². The summed E-state index contributed by atoms with van der Waals surface area (Å²) in [5.41, 5.74) is 7.24. The Morgan fingerprint density at radius 1 is 1.37 bits per heavy atom. The Morgan fingerprint density at radius 3 is 2.84 bits per heavy atom.